The van der Waals surface area contributed by atoms with E-state index in [0.29, 0.717) is 25.0 Å². The Hall–Kier alpha value is -2.62. The van der Waals surface area contributed by atoms with E-state index in [-0.39, 0.29) is 23.2 Å². The average molecular weight is 441 g/mol. The van der Waals surface area contributed by atoms with Crippen molar-refractivity contribution in [3.05, 3.63) is 58.2 Å². The number of ketones is 2. The molecule has 0 aliphatic heterocycles. The predicted octanol–water partition coefficient (Wildman–Crippen LogP) is 6.84. The topological polar surface area (TPSA) is 63.6 Å². The largest absolute Gasteiger partial charge is 0.507 e. The first-order chi connectivity index (χ1) is 15.0. The van der Waals surface area contributed by atoms with Crippen molar-refractivity contribution in [3.8, 4) is 11.5 Å². The van der Waals surface area contributed by atoms with Crippen LogP contribution in [-0.2, 0) is 16.0 Å². The highest BCUT2D eigenvalue weighted by atomic mass is 16.5. The van der Waals surface area contributed by atoms with Crippen molar-refractivity contribution in [2.75, 3.05) is 7.11 Å². The Kier molecular flexibility index (Phi) is 11.8. The number of aryl methyl sites for hydroxylation is 1. The Morgan fingerprint density at radius 1 is 1.09 bits per heavy atom. The Morgan fingerprint density at radius 2 is 1.78 bits per heavy atom. The van der Waals surface area contributed by atoms with Crippen LogP contribution in [0.25, 0.3) is 0 Å². The van der Waals surface area contributed by atoms with Crippen LogP contribution in [-0.4, -0.2) is 23.8 Å². The van der Waals surface area contributed by atoms with E-state index in [1.54, 1.807) is 19.3 Å². The molecule has 0 spiro atoms. The van der Waals surface area contributed by atoms with Crippen LogP contribution in [0, 0.1) is 12.8 Å². The molecule has 1 atom stereocenters. The number of phenols is 1. The van der Waals surface area contributed by atoms with Gasteiger partial charge in [0.15, 0.2) is 5.78 Å². The first-order valence-electron chi connectivity index (χ1n) is 11.4. The van der Waals surface area contributed by atoms with Gasteiger partial charge in [0.25, 0.3) is 0 Å². The zero-order chi connectivity index (χ0) is 24.3. The van der Waals surface area contributed by atoms with Crippen LogP contribution in [0.15, 0.2) is 47.1 Å². The second-order valence-electron chi connectivity index (χ2n) is 9.09. The number of allylic oxidation sites excluding steroid dienone is 6. The van der Waals surface area contributed by atoms with Gasteiger partial charge in [0.2, 0.25) is 0 Å². The zero-order valence-corrected chi connectivity index (χ0v) is 20.9. The number of ether oxygens (including phenoxy) is 1. The van der Waals surface area contributed by atoms with Crippen LogP contribution in [0.2, 0.25) is 0 Å². The highest BCUT2D eigenvalue weighted by molar-refractivity contribution is 5.91. The van der Waals surface area contributed by atoms with Gasteiger partial charge in [-0.2, -0.15) is 0 Å². The van der Waals surface area contributed by atoms with Crippen LogP contribution in [0.5, 0.6) is 11.5 Å². The maximum absolute atomic E-state index is 12.4. The third-order valence-electron chi connectivity index (χ3n) is 5.59. The van der Waals surface area contributed by atoms with Crippen molar-refractivity contribution >= 4 is 11.6 Å². The smallest absolute Gasteiger partial charge is 0.159 e. The van der Waals surface area contributed by atoms with Gasteiger partial charge in [0.05, 0.1) is 7.11 Å². The summed E-state index contributed by atoms with van der Waals surface area (Å²) in [5.74, 6) is 1.39. The van der Waals surface area contributed by atoms with Gasteiger partial charge in [-0.1, -0.05) is 35.8 Å². The number of hydrogen-bond acceptors (Lipinski definition) is 4. The molecule has 176 valence electrons. The molecule has 0 saturated heterocycles. The van der Waals surface area contributed by atoms with E-state index in [2.05, 4.69) is 0 Å². The van der Waals surface area contributed by atoms with Crippen LogP contribution in [0.4, 0.5) is 0 Å². The molecular formula is C28H40O4. The van der Waals surface area contributed by atoms with E-state index in [1.807, 2.05) is 59.8 Å². The molecule has 4 nitrogen and oxygen atoms in total. The van der Waals surface area contributed by atoms with Gasteiger partial charge >= 0.3 is 0 Å². The zero-order valence-electron chi connectivity index (χ0n) is 20.9. The van der Waals surface area contributed by atoms with E-state index in [1.165, 1.54) is 5.57 Å². The first-order valence-corrected chi connectivity index (χ1v) is 11.4. The van der Waals surface area contributed by atoms with E-state index < -0.39 is 0 Å². The fourth-order valence-corrected chi connectivity index (χ4v) is 3.47. The third-order valence-corrected chi connectivity index (χ3v) is 5.59. The number of aromatic hydroxyl groups is 1. The number of benzene rings is 1. The van der Waals surface area contributed by atoms with Gasteiger partial charge in [0, 0.05) is 24.3 Å². The molecular weight excluding hydrogens is 400 g/mol. The Morgan fingerprint density at radius 3 is 2.41 bits per heavy atom. The maximum Gasteiger partial charge on any atom is 0.159 e. The molecule has 0 radical (unpaired) electrons. The van der Waals surface area contributed by atoms with Gasteiger partial charge in [-0.3, -0.25) is 9.59 Å². The number of Topliss-reactive ketones (excluding diaryl/α,β-unsaturated/α-hetero) is 1. The Balaban J connectivity index is 2.53. The molecule has 0 heterocycles. The number of hydrogen-bond donors (Lipinski definition) is 1. The lowest BCUT2D eigenvalue weighted by Crippen LogP contribution is -2.09. The van der Waals surface area contributed by atoms with E-state index in [0.717, 1.165) is 41.5 Å². The quantitative estimate of drug-likeness (QED) is 0.269. The molecule has 0 saturated carbocycles. The normalized spacial score (nSPS) is 13.0. The first kappa shape index (κ1) is 27.4. The SMILES string of the molecule is COc1cc(C)c(O)c(C/C=C(\C)CC(=O)/C=C(\C)CCC[C@@H](C)C(=O)CC=C(C)C)c1. The van der Waals surface area contributed by atoms with Gasteiger partial charge in [-0.15, -0.1) is 0 Å². The molecule has 0 amide bonds. The van der Waals surface area contributed by atoms with E-state index >= 15 is 0 Å². The van der Waals surface area contributed by atoms with Crippen LogP contribution in [0.3, 0.4) is 0 Å². The van der Waals surface area contributed by atoms with Crippen molar-refractivity contribution in [2.45, 2.75) is 80.1 Å². The summed E-state index contributed by atoms with van der Waals surface area (Å²) >= 11 is 0. The standard InChI is InChI=1S/C28H40O4/c1-19(2)11-14-27(30)22(5)10-8-9-20(3)15-25(29)16-21(4)12-13-24-18-26(32-7)17-23(6)28(24)31/h11-12,15,17-18,22,31H,8-10,13-14,16H2,1-7H3/b20-15+,21-12+/t22-/m1/s1. The minimum absolute atomic E-state index is 0.0518. The van der Waals surface area contributed by atoms with Crippen molar-refractivity contribution in [2.24, 2.45) is 5.92 Å². The summed E-state index contributed by atoms with van der Waals surface area (Å²) in [4.78, 5) is 24.5. The molecule has 4 heteroatoms. The van der Waals surface area contributed by atoms with Crippen molar-refractivity contribution in [1.82, 2.24) is 0 Å². The minimum Gasteiger partial charge on any atom is -0.507 e. The van der Waals surface area contributed by atoms with Crippen LogP contribution in [0.1, 0.15) is 77.8 Å². The van der Waals surface area contributed by atoms with Crippen molar-refractivity contribution < 1.29 is 19.4 Å². The predicted molar refractivity (Wildman–Crippen MR) is 132 cm³/mol. The Bertz CT molecular complexity index is 883. The molecule has 0 aliphatic carbocycles. The number of rotatable bonds is 13. The second-order valence-corrected chi connectivity index (χ2v) is 9.09. The number of methoxy groups -OCH3 is 1. The third kappa shape index (κ3) is 10.1. The summed E-state index contributed by atoms with van der Waals surface area (Å²) in [6.45, 7) is 11.7. The molecule has 32 heavy (non-hydrogen) atoms. The van der Waals surface area contributed by atoms with Crippen LogP contribution >= 0.6 is 0 Å². The fraction of sp³-hybridized carbons (Fsp3) is 0.500. The number of phenolic OH excluding ortho intramolecular Hbond substituents is 1. The average Bonchev–Trinajstić information content (AvgIpc) is 2.72. The molecule has 0 fully saturated rings. The molecule has 0 aliphatic rings. The minimum atomic E-state index is 0.0518. The molecule has 1 rings (SSSR count). The Labute approximate surface area is 194 Å². The van der Waals surface area contributed by atoms with Crippen molar-refractivity contribution in [3.63, 3.8) is 0 Å². The van der Waals surface area contributed by atoms with Gasteiger partial charge < -0.3 is 9.84 Å². The summed E-state index contributed by atoms with van der Waals surface area (Å²) in [6, 6.07) is 3.62. The van der Waals surface area contributed by atoms with Crippen molar-refractivity contribution in [1.29, 1.82) is 0 Å². The summed E-state index contributed by atoms with van der Waals surface area (Å²) in [5.41, 5.74) is 4.74. The van der Waals surface area contributed by atoms with Gasteiger partial charge in [-0.25, -0.2) is 0 Å². The number of carbonyl (C=O) groups is 2. The summed E-state index contributed by atoms with van der Waals surface area (Å²) in [6.07, 6.45) is 9.67. The van der Waals surface area contributed by atoms with Gasteiger partial charge in [0.1, 0.15) is 17.3 Å². The molecule has 1 aromatic rings. The number of carbonyl (C=O) groups excluding carboxylic acids is 2. The highest BCUT2D eigenvalue weighted by Gasteiger charge is 2.11. The van der Waals surface area contributed by atoms with E-state index in [9.17, 15) is 14.7 Å². The summed E-state index contributed by atoms with van der Waals surface area (Å²) in [7, 11) is 1.60. The molecule has 0 bridgehead atoms. The van der Waals surface area contributed by atoms with E-state index in [4.69, 9.17) is 4.74 Å². The maximum atomic E-state index is 12.4. The monoisotopic (exact) mass is 440 g/mol. The summed E-state index contributed by atoms with van der Waals surface area (Å²) in [5, 5.41) is 10.3. The van der Waals surface area contributed by atoms with Gasteiger partial charge in [-0.05, 0) is 84.1 Å². The molecule has 0 aromatic heterocycles. The second kappa shape index (κ2) is 13.7. The lowest BCUT2D eigenvalue weighted by Gasteiger charge is -2.10. The molecule has 1 aromatic carbocycles. The lowest BCUT2D eigenvalue weighted by atomic mass is 9.95. The summed E-state index contributed by atoms with van der Waals surface area (Å²) < 4.78 is 5.27. The molecule has 1 N–H and O–H groups in total. The van der Waals surface area contributed by atoms with Crippen LogP contribution < -0.4 is 4.74 Å². The highest BCUT2D eigenvalue weighted by Crippen LogP contribution is 2.28. The lowest BCUT2D eigenvalue weighted by molar-refractivity contribution is -0.121. The molecule has 0 unspecified atom stereocenters. The fourth-order valence-electron chi connectivity index (χ4n) is 3.47.